The van der Waals surface area contributed by atoms with Crippen LogP contribution in [0.1, 0.15) is 86.0 Å². The third kappa shape index (κ3) is 3.73. The van der Waals surface area contributed by atoms with Crippen LogP contribution in [0, 0.1) is 46.3 Å². The van der Waals surface area contributed by atoms with Gasteiger partial charge in [0.15, 0.2) is 11.6 Å². The zero-order chi connectivity index (χ0) is 25.2. The number of ketones is 2. The number of aliphatic carboxylic acids is 1. The van der Waals surface area contributed by atoms with Gasteiger partial charge in [0.05, 0.1) is 12.0 Å². The lowest BCUT2D eigenvalue weighted by molar-refractivity contribution is -0.140. The number of Topliss-reactive ketones (excluding diaryl/α,β-unsaturated/α-hetero) is 2. The predicted molar refractivity (Wildman–Crippen MR) is 131 cm³/mol. The molecule has 0 radical (unpaired) electrons. The number of hydrogen-bond acceptors (Lipinski definition) is 4. The molecular weight excluding hydrogens is 428 g/mol. The number of carboxylic acids is 1. The highest BCUT2D eigenvalue weighted by Crippen LogP contribution is 2.65. The quantitative estimate of drug-likeness (QED) is 0.509. The molecule has 0 aliphatic heterocycles. The lowest BCUT2D eigenvalue weighted by Gasteiger charge is -2.55. The van der Waals surface area contributed by atoms with Crippen molar-refractivity contribution in [1.82, 2.24) is 0 Å². The Bertz CT molecular complexity index is 946. The third-order valence-corrected chi connectivity index (χ3v) is 10.7. The first-order valence-corrected chi connectivity index (χ1v) is 13.2. The van der Waals surface area contributed by atoms with Crippen LogP contribution in [0.3, 0.4) is 0 Å². The van der Waals surface area contributed by atoms with Crippen molar-refractivity contribution in [3.05, 3.63) is 23.3 Å². The Balaban J connectivity index is 1.61. The van der Waals surface area contributed by atoms with Gasteiger partial charge in [0.25, 0.3) is 0 Å². The van der Waals surface area contributed by atoms with Crippen LogP contribution in [0.5, 0.6) is 0 Å². The smallest absolute Gasteiger partial charge is 0.310 e. The van der Waals surface area contributed by atoms with Crippen LogP contribution in [0.4, 0.5) is 0 Å². The van der Waals surface area contributed by atoms with Crippen LogP contribution < -0.4 is 0 Å². The average Bonchev–Trinajstić information content (AvgIpc) is 3.11. The summed E-state index contributed by atoms with van der Waals surface area (Å²) in [6, 6.07) is 0. The van der Waals surface area contributed by atoms with Gasteiger partial charge in [-0.1, -0.05) is 39.8 Å². The van der Waals surface area contributed by atoms with Crippen molar-refractivity contribution in [2.24, 2.45) is 46.3 Å². The second kappa shape index (κ2) is 8.72. The number of fused-ring (bicyclic) bond motifs is 4. The van der Waals surface area contributed by atoms with E-state index in [1.807, 2.05) is 6.92 Å². The summed E-state index contributed by atoms with van der Waals surface area (Å²) >= 11 is 0. The number of carbonyl (C=O) groups is 3. The van der Waals surface area contributed by atoms with Crippen LogP contribution in [0.15, 0.2) is 23.3 Å². The number of aliphatic hydroxyl groups is 1. The second-order valence-electron chi connectivity index (χ2n) is 12.5. The predicted octanol–water partition coefficient (Wildman–Crippen LogP) is 5.37. The maximum absolute atomic E-state index is 13.8. The molecule has 34 heavy (non-hydrogen) atoms. The van der Waals surface area contributed by atoms with E-state index in [4.69, 9.17) is 0 Å². The van der Waals surface area contributed by atoms with E-state index in [0.29, 0.717) is 37.5 Å². The number of allylic oxidation sites excluding steroid dienone is 2. The average molecular weight is 471 g/mol. The lowest BCUT2D eigenvalue weighted by Crippen LogP contribution is -2.53. The standard InChI is InChI=1S/C29H42O5/c1-15(17(3)27(33)34)7-8-16(2)19-9-10-20-25-23(31)13-21-18(4)22(30)11-12-28(21,5)26(25)24(32)14-29(19,20)6/h16-22,30H,1,7-14H2,2-6H3,(H,33,34). The molecule has 0 aromatic rings. The van der Waals surface area contributed by atoms with Crippen LogP contribution in [0.25, 0.3) is 0 Å². The molecule has 9 atom stereocenters. The minimum Gasteiger partial charge on any atom is -0.481 e. The zero-order valence-corrected chi connectivity index (χ0v) is 21.5. The fourth-order valence-electron chi connectivity index (χ4n) is 8.43. The first-order valence-electron chi connectivity index (χ1n) is 13.2. The fourth-order valence-corrected chi connectivity index (χ4v) is 8.43. The van der Waals surface area contributed by atoms with Crippen molar-refractivity contribution in [2.45, 2.75) is 92.1 Å². The molecule has 0 heterocycles. The molecule has 0 aromatic heterocycles. The molecule has 188 valence electrons. The van der Waals surface area contributed by atoms with Crippen molar-refractivity contribution in [3.63, 3.8) is 0 Å². The van der Waals surface area contributed by atoms with Crippen LogP contribution >= 0.6 is 0 Å². The van der Waals surface area contributed by atoms with Crippen molar-refractivity contribution in [2.75, 3.05) is 0 Å². The van der Waals surface area contributed by atoms with Gasteiger partial charge in [-0.2, -0.15) is 0 Å². The van der Waals surface area contributed by atoms with E-state index in [-0.39, 0.29) is 40.2 Å². The minimum absolute atomic E-state index is 0.0236. The monoisotopic (exact) mass is 470 g/mol. The highest BCUT2D eigenvalue weighted by atomic mass is 16.4. The summed E-state index contributed by atoms with van der Waals surface area (Å²) in [5.41, 5.74) is 1.85. The Hall–Kier alpha value is -1.75. The van der Waals surface area contributed by atoms with Crippen molar-refractivity contribution < 1.29 is 24.6 Å². The molecule has 4 aliphatic rings. The summed E-state index contributed by atoms with van der Waals surface area (Å²) in [7, 11) is 0. The van der Waals surface area contributed by atoms with Crippen molar-refractivity contribution in [3.8, 4) is 0 Å². The summed E-state index contributed by atoms with van der Waals surface area (Å²) in [4.78, 5) is 38.7. The largest absolute Gasteiger partial charge is 0.481 e. The minimum atomic E-state index is -0.838. The first-order chi connectivity index (χ1) is 15.8. The van der Waals surface area contributed by atoms with E-state index in [0.717, 1.165) is 42.4 Å². The van der Waals surface area contributed by atoms with Gasteiger partial charge in [-0.25, -0.2) is 0 Å². The van der Waals surface area contributed by atoms with E-state index in [1.165, 1.54) is 0 Å². The summed E-state index contributed by atoms with van der Waals surface area (Å²) < 4.78 is 0. The molecule has 2 N–H and O–H groups in total. The number of hydrogen-bond donors (Lipinski definition) is 2. The summed E-state index contributed by atoms with van der Waals surface area (Å²) in [5.74, 6) is -0.252. The van der Waals surface area contributed by atoms with E-state index in [9.17, 15) is 24.6 Å². The number of aliphatic hydroxyl groups excluding tert-OH is 1. The van der Waals surface area contributed by atoms with E-state index in [1.54, 1.807) is 6.92 Å². The first kappa shape index (κ1) is 25.3. The zero-order valence-electron chi connectivity index (χ0n) is 21.5. The summed E-state index contributed by atoms with van der Waals surface area (Å²) in [6.07, 6.45) is 5.46. The van der Waals surface area contributed by atoms with Crippen LogP contribution in [-0.4, -0.2) is 33.9 Å². The Morgan fingerprint density at radius 3 is 2.47 bits per heavy atom. The van der Waals surface area contributed by atoms with Gasteiger partial charge in [-0.3, -0.25) is 14.4 Å². The number of carboxylic acid groups (broad SMARTS) is 1. The maximum atomic E-state index is 13.8. The molecule has 0 amide bonds. The highest BCUT2D eigenvalue weighted by Gasteiger charge is 2.61. The van der Waals surface area contributed by atoms with Crippen LogP contribution in [-0.2, 0) is 14.4 Å². The van der Waals surface area contributed by atoms with Gasteiger partial charge in [0.1, 0.15) is 0 Å². The Kier molecular flexibility index (Phi) is 6.50. The van der Waals surface area contributed by atoms with Gasteiger partial charge in [-0.05, 0) is 80.5 Å². The van der Waals surface area contributed by atoms with E-state index >= 15 is 0 Å². The highest BCUT2D eigenvalue weighted by molar-refractivity contribution is 6.10. The van der Waals surface area contributed by atoms with Gasteiger partial charge in [0, 0.05) is 29.4 Å². The maximum Gasteiger partial charge on any atom is 0.310 e. The van der Waals surface area contributed by atoms with Gasteiger partial charge in [-0.15, -0.1) is 0 Å². The van der Waals surface area contributed by atoms with Gasteiger partial charge < -0.3 is 10.2 Å². The molecule has 2 saturated carbocycles. The molecule has 4 rings (SSSR count). The van der Waals surface area contributed by atoms with Gasteiger partial charge in [0.2, 0.25) is 0 Å². The number of rotatable bonds is 6. The normalized spacial score (nSPS) is 41.4. The molecule has 5 nitrogen and oxygen atoms in total. The topological polar surface area (TPSA) is 91.7 Å². The Morgan fingerprint density at radius 1 is 1.15 bits per heavy atom. The number of carbonyl (C=O) groups excluding carboxylic acids is 2. The Labute approximate surface area is 204 Å². The van der Waals surface area contributed by atoms with E-state index < -0.39 is 18.0 Å². The molecule has 0 aromatic carbocycles. The fraction of sp³-hybridized carbons (Fsp3) is 0.759. The van der Waals surface area contributed by atoms with E-state index in [2.05, 4.69) is 27.4 Å². The molecule has 9 unspecified atom stereocenters. The van der Waals surface area contributed by atoms with Crippen molar-refractivity contribution in [1.29, 1.82) is 0 Å². The molecule has 0 spiro atoms. The summed E-state index contributed by atoms with van der Waals surface area (Å²) in [6.45, 7) is 14.3. The molecule has 2 fully saturated rings. The molecular formula is C29H42O5. The third-order valence-electron chi connectivity index (χ3n) is 10.7. The Morgan fingerprint density at radius 2 is 1.82 bits per heavy atom. The molecule has 0 bridgehead atoms. The second-order valence-corrected chi connectivity index (χ2v) is 12.5. The molecule has 0 saturated heterocycles. The lowest BCUT2D eigenvalue weighted by atomic mass is 9.48. The molecule has 5 heteroatoms. The summed E-state index contributed by atoms with van der Waals surface area (Å²) in [5, 5.41) is 19.7. The van der Waals surface area contributed by atoms with Crippen molar-refractivity contribution >= 4 is 17.5 Å². The molecule has 4 aliphatic carbocycles. The SMILES string of the molecule is C=C(CCC(C)C1CCC2C3=C(C(=O)CC21C)C1(C)CCC(O)C(C)C1CC3=O)C(C)C(=O)O. The van der Waals surface area contributed by atoms with Gasteiger partial charge >= 0.3 is 5.97 Å². The van der Waals surface area contributed by atoms with Crippen LogP contribution in [0.2, 0.25) is 0 Å².